The molecule has 0 heterocycles. The summed E-state index contributed by atoms with van der Waals surface area (Å²) in [5, 5.41) is 5.60. The molecule has 3 aromatic carbocycles. The maximum atomic E-state index is 12.4. The van der Waals surface area contributed by atoms with Crippen LogP contribution in [0.25, 0.3) is 0 Å². The number of ether oxygens (including phenoxy) is 1. The number of hydrogen-bond acceptors (Lipinski definition) is 3. The number of para-hydroxylation sites is 1. The minimum Gasteiger partial charge on any atom is -0.497 e. The molecule has 2 N–H and O–H groups in total. The number of nitrogens with one attached hydrogen (secondary N) is 2. The fraction of sp³-hybridized carbons (Fsp3) is 0.0476. The van der Waals surface area contributed by atoms with Gasteiger partial charge in [-0.25, -0.2) is 0 Å². The van der Waals surface area contributed by atoms with E-state index in [9.17, 15) is 9.59 Å². The number of carbonyl (C=O) groups is 2. The lowest BCUT2D eigenvalue weighted by atomic mass is 10.1. The molecule has 3 rings (SSSR count). The average molecular weight is 346 g/mol. The lowest BCUT2D eigenvalue weighted by Crippen LogP contribution is -2.15. The maximum absolute atomic E-state index is 12.4. The molecule has 5 heteroatoms. The second-order valence-electron chi connectivity index (χ2n) is 5.58. The van der Waals surface area contributed by atoms with Gasteiger partial charge in [0.25, 0.3) is 11.8 Å². The van der Waals surface area contributed by atoms with Gasteiger partial charge in [-0.05, 0) is 54.6 Å². The topological polar surface area (TPSA) is 67.4 Å². The Bertz CT molecular complexity index is 906. The van der Waals surface area contributed by atoms with Crippen LogP contribution in [0, 0.1) is 0 Å². The van der Waals surface area contributed by atoms with Crippen molar-refractivity contribution in [3.05, 3.63) is 90.0 Å². The fourth-order valence-corrected chi connectivity index (χ4v) is 2.40. The van der Waals surface area contributed by atoms with Crippen molar-refractivity contribution < 1.29 is 14.3 Å². The van der Waals surface area contributed by atoms with Crippen molar-refractivity contribution >= 4 is 23.2 Å². The first-order valence-corrected chi connectivity index (χ1v) is 8.07. The number of amides is 2. The number of benzene rings is 3. The third-order valence-electron chi connectivity index (χ3n) is 3.77. The Morgan fingerprint density at radius 2 is 1.23 bits per heavy atom. The molecule has 0 radical (unpaired) electrons. The first kappa shape index (κ1) is 17.2. The molecule has 0 fully saturated rings. The average Bonchev–Trinajstić information content (AvgIpc) is 2.69. The lowest BCUT2D eigenvalue weighted by molar-refractivity contribution is 0.102. The quantitative estimate of drug-likeness (QED) is 0.727. The Morgan fingerprint density at radius 3 is 1.77 bits per heavy atom. The molecule has 26 heavy (non-hydrogen) atoms. The predicted molar refractivity (Wildman–Crippen MR) is 102 cm³/mol. The van der Waals surface area contributed by atoms with Gasteiger partial charge in [-0.3, -0.25) is 9.59 Å². The molecule has 3 aromatic rings. The highest BCUT2D eigenvalue weighted by molar-refractivity contribution is 6.08. The third-order valence-corrected chi connectivity index (χ3v) is 3.77. The van der Waals surface area contributed by atoms with E-state index in [0.29, 0.717) is 28.3 Å². The van der Waals surface area contributed by atoms with Crippen LogP contribution in [0.5, 0.6) is 5.75 Å². The van der Waals surface area contributed by atoms with Crippen LogP contribution < -0.4 is 15.4 Å². The number of carbonyl (C=O) groups excluding carboxylic acids is 2. The molecule has 0 aliphatic heterocycles. The summed E-state index contributed by atoms with van der Waals surface area (Å²) in [5.41, 5.74) is 2.17. The first-order chi connectivity index (χ1) is 12.7. The van der Waals surface area contributed by atoms with E-state index in [2.05, 4.69) is 10.6 Å². The molecule has 0 spiro atoms. The van der Waals surface area contributed by atoms with E-state index in [1.807, 2.05) is 18.2 Å². The third kappa shape index (κ3) is 4.27. The monoisotopic (exact) mass is 346 g/mol. The highest BCUT2D eigenvalue weighted by Gasteiger charge is 2.11. The molecule has 0 atom stereocenters. The Morgan fingerprint density at radius 1 is 0.692 bits per heavy atom. The van der Waals surface area contributed by atoms with E-state index in [-0.39, 0.29) is 11.8 Å². The number of hydrogen-bond donors (Lipinski definition) is 2. The largest absolute Gasteiger partial charge is 0.497 e. The van der Waals surface area contributed by atoms with Gasteiger partial charge >= 0.3 is 0 Å². The standard InChI is InChI=1S/C21H18N2O3/c1-26-19-12-10-18(11-13-19)23-21(25)16-7-5-6-15(14-16)20(24)22-17-8-3-2-4-9-17/h2-14H,1H3,(H,22,24)(H,23,25). The van der Waals surface area contributed by atoms with Crippen molar-refractivity contribution in [3.63, 3.8) is 0 Å². The molecule has 0 aliphatic rings. The summed E-state index contributed by atoms with van der Waals surface area (Å²) in [7, 11) is 1.58. The zero-order chi connectivity index (χ0) is 18.4. The Kier molecular flexibility index (Phi) is 5.29. The molecule has 0 aromatic heterocycles. The highest BCUT2D eigenvalue weighted by Crippen LogP contribution is 2.17. The van der Waals surface area contributed by atoms with E-state index in [4.69, 9.17) is 4.74 Å². The second kappa shape index (κ2) is 7.98. The second-order valence-corrected chi connectivity index (χ2v) is 5.58. The summed E-state index contributed by atoms with van der Waals surface area (Å²) >= 11 is 0. The van der Waals surface area contributed by atoms with Gasteiger partial charge in [0.05, 0.1) is 7.11 Å². The molecule has 0 saturated carbocycles. The van der Waals surface area contributed by atoms with Crippen LogP contribution in [-0.4, -0.2) is 18.9 Å². The van der Waals surface area contributed by atoms with Crippen LogP contribution >= 0.6 is 0 Å². The zero-order valence-corrected chi connectivity index (χ0v) is 14.2. The van der Waals surface area contributed by atoms with Crippen molar-refractivity contribution in [2.24, 2.45) is 0 Å². The molecule has 0 bridgehead atoms. The van der Waals surface area contributed by atoms with Crippen molar-refractivity contribution in [1.82, 2.24) is 0 Å². The molecule has 5 nitrogen and oxygen atoms in total. The molecule has 0 aliphatic carbocycles. The molecule has 2 amide bonds. The zero-order valence-electron chi connectivity index (χ0n) is 14.2. The van der Waals surface area contributed by atoms with Crippen LogP contribution in [0.15, 0.2) is 78.9 Å². The van der Waals surface area contributed by atoms with Gasteiger partial charge in [-0.15, -0.1) is 0 Å². The van der Waals surface area contributed by atoms with E-state index < -0.39 is 0 Å². The van der Waals surface area contributed by atoms with Gasteiger partial charge in [-0.1, -0.05) is 24.3 Å². The number of anilines is 2. The van der Waals surface area contributed by atoms with Crippen LogP contribution in [-0.2, 0) is 0 Å². The fourth-order valence-electron chi connectivity index (χ4n) is 2.40. The molecule has 0 saturated heterocycles. The van der Waals surface area contributed by atoms with Crippen molar-refractivity contribution in [2.45, 2.75) is 0 Å². The SMILES string of the molecule is COc1ccc(NC(=O)c2cccc(C(=O)Nc3ccccc3)c2)cc1. The van der Waals surface area contributed by atoms with Crippen molar-refractivity contribution in [2.75, 3.05) is 17.7 Å². The van der Waals surface area contributed by atoms with Crippen LogP contribution in [0.2, 0.25) is 0 Å². The van der Waals surface area contributed by atoms with Crippen molar-refractivity contribution in [3.8, 4) is 5.75 Å². The minimum atomic E-state index is -0.287. The van der Waals surface area contributed by atoms with E-state index in [1.54, 1.807) is 67.8 Å². The summed E-state index contributed by atoms with van der Waals surface area (Å²) in [5.74, 6) is 0.155. The van der Waals surface area contributed by atoms with E-state index in [0.717, 1.165) is 0 Å². The molecular weight excluding hydrogens is 328 g/mol. The number of rotatable bonds is 5. The van der Waals surface area contributed by atoms with Gasteiger partial charge in [-0.2, -0.15) is 0 Å². The van der Waals surface area contributed by atoms with E-state index >= 15 is 0 Å². The summed E-state index contributed by atoms with van der Waals surface area (Å²) in [6, 6.07) is 22.8. The van der Waals surface area contributed by atoms with E-state index in [1.165, 1.54) is 0 Å². The van der Waals surface area contributed by atoms with Crippen molar-refractivity contribution in [1.29, 1.82) is 0 Å². The Hall–Kier alpha value is -3.60. The summed E-state index contributed by atoms with van der Waals surface area (Å²) in [6.07, 6.45) is 0. The molecular formula is C21H18N2O3. The normalized spacial score (nSPS) is 10.0. The molecule has 0 unspecified atom stereocenters. The maximum Gasteiger partial charge on any atom is 0.255 e. The molecule has 130 valence electrons. The van der Waals surface area contributed by atoms with Crippen LogP contribution in [0.4, 0.5) is 11.4 Å². The Labute approximate surface area is 151 Å². The Balaban J connectivity index is 1.71. The van der Waals surface area contributed by atoms with Gasteiger partial charge in [0, 0.05) is 22.5 Å². The lowest BCUT2D eigenvalue weighted by Gasteiger charge is -2.08. The number of methoxy groups -OCH3 is 1. The van der Waals surface area contributed by atoms with Gasteiger partial charge < -0.3 is 15.4 Å². The first-order valence-electron chi connectivity index (χ1n) is 8.07. The van der Waals surface area contributed by atoms with Crippen LogP contribution in [0.3, 0.4) is 0 Å². The minimum absolute atomic E-state index is 0.268. The van der Waals surface area contributed by atoms with Crippen LogP contribution in [0.1, 0.15) is 20.7 Å². The van der Waals surface area contributed by atoms with Gasteiger partial charge in [0.1, 0.15) is 5.75 Å². The summed E-state index contributed by atoms with van der Waals surface area (Å²) < 4.78 is 5.09. The summed E-state index contributed by atoms with van der Waals surface area (Å²) in [4.78, 5) is 24.8. The smallest absolute Gasteiger partial charge is 0.255 e. The van der Waals surface area contributed by atoms with Gasteiger partial charge in [0.15, 0.2) is 0 Å². The predicted octanol–water partition coefficient (Wildman–Crippen LogP) is 4.20. The highest BCUT2D eigenvalue weighted by atomic mass is 16.5. The van der Waals surface area contributed by atoms with Gasteiger partial charge in [0.2, 0.25) is 0 Å². The summed E-state index contributed by atoms with van der Waals surface area (Å²) in [6.45, 7) is 0.